The summed E-state index contributed by atoms with van der Waals surface area (Å²) in [5, 5.41) is 0. The Balaban J connectivity index is 2.97. The minimum Gasteiger partial charge on any atom is -0.469 e. The predicted octanol–water partition coefficient (Wildman–Crippen LogP) is 1.80. The van der Waals surface area contributed by atoms with Gasteiger partial charge in [0.2, 0.25) is 0 Å². The van der Waals surface area contributed by atoms with Crippen molar-refractivity contribution >= 4 is 12.3 Å². The van der Waals surface area contributed by atoms with E-state index in [1.165, 1.54) is 7.11 Å². The standard InChI is InChI=1S/C11H18O3/c1-10(2)8(9(13)14-4)5-6-11(10,3)7-12/h7-8H,5-6H2,1-4H3/t8-,11+/m1/s1. The molecule has 1 aliphatic carbocycles. The minimum atomic E-state index is -0.397. The van der Waals surface area contributed by atoms with Gasteiger partial charge in [-0.2, -0.15) is 0 Å². The van der Waals surface area contributed by atoms with Crippen LogP contribution in [0.4, 0.5) is 0 Å². The van der Waals surface area contributed by atoms with Gasteiger partial charge in [-0.3, -0.25) is 4.79 Å². The van der Waals surface area contributed by atoms with Crippen molar-refractivity contribution in [2.45, 2.75) is 33.6 Å². The molecule has 0 spiro atoms. The highest BCUT2D eigenvalue weighted by molar-refractivity contribution is 5.76. The summed E-state index contributed by atoms with van der Waals surface area (Å²) >= 11 is 0. The fourth-order valence-electron chi connectivity index (χ4n) is 2.29. The smallest absolute Gasteiger partial charge is 0.309 e. The number of carbonyl (C=O) groups excluding carboxylic acids is 2. The van der Waals surface area contributed by atoms with Crippen LogP contribution in [-0.2, 0) is 14.3 Å². The van der Waals surface area contributed by atoms with Gasteiger partial charge in [-0.15, -0.1) is 0 Å². The molecule has 3 heteroatoms. The van der Waals surface area contributed by atoms with Gasteiger partial charge >= 0.3 is 5.97 Å². The minimum absolute atomic E-state index is 0.150. The fourth-order valence-corrected chi connectivity index (χ4v) is 2.29. The second-order valence-corrected chi connectivity index (χ2v) is 4.87. The van der Waals surface area contributed by atoms with Crippen LogP contribution in [0.1, 0.15) is 33.6 Å². The zero-order valence-electron chi connectivity index (χ0n) is 9.29. The summed E-state index contributed by atoms with van der Waals surface area (Å²) in [6.45, 7) is 5.86. The van der Waals surface area contributed by atoms with E-state index in [0.29, 0.717) is 0 Å². The molecule has 0 aromatic carbocycles. The Morgan fingerprint density at radius 2 is 2.00 bits per heavy atom. The van der Waals surface area contributed by atoms with Gasteiger partial charge in [-0.1, -0.05) is 20.8 Å². The first kappa shape index (κ1) is 11.2. The highest BCUT2D eigenvalue weighted by atomic mass is 16.5. The maximum absolute atomic E-state index is 11.5. The molecule has 0 aromatic heterocycles. The molecule has 14 heavy (non-hydrogen) atoms. The van der Waals surface area contributed by atoms with Crippen LogP contribution < -0.4 is 0 Å². The second-order valence-electron chi connectivity index (χ2n) is 4.87. The van der Waals surface area contributed by atoms with E-state index in [1.54, 1.807) is 0 Å². The summed E-state index contributed by atoms with van der Waals surface area (Å²) < 4.78 is 4.75. The third kappa shape index (κ3) is 1.35. The first-order valence-corrected chi connectivity index (χ1v) is 4.93. The molecule has 1 aliphatic rings. The lowest BCUT2D eigenvalue weighted by Crippen LogP contribution is -2.38. The third-order valence-corrected chi connectivity index (χ3v) is 4.04. The van der Waals surface area contributed by atoms with Crippen molar-refractivity contribution in [3.8, 4) is 0 Å². The monoisotopic (exact) mass is 198 g/mol. The van der Waals surface area contributed by atoms with Gasteiger partial charge in [0.05, 0.1) is 13.0 Å². The Bertz CT molecular complexity index is 257. The molecule has 3 nitrogen and oxygen atoms in total. The van der Waals surface area contributed by atoms with E-state index in [-0.39, 0.29) is 17.3 Å². The summed E-state index contributed by atoms with van der Waals surface area (Å²) in [5.74, 6) is -0.344. The van der Waals surface area contributed by atoms with Gasteiger partial charge in [0.25, 0.3) is 0 Å². The highest BCUT2D eigenvalue weighted by Gasteiger charge is 2.54. The first-order valence-electron chi connectivity index (χ1n) is 4.93. The molecular weight excluding hydrogens is 180 g/mol. The molecule has 1 rings (SSSR count). The molecule has 80 valence electrons. The molecule has 0 unspecified atom stereocenters. The Labute approximate surface area is 84.8 Å². The third-order valence-electron chi connectivity index (χ3n) is 4.04. The lowest BCUT2D eigenvalue weighted by atomic mass is 9.66. The Hall–Kier alpha value is -0.860. The van der Waals surface area contributed by atoms with Crippen molar-refractivity contribution < 1.29 is 14.3 Å². The van der Waals surface area contributed by atoms with Crippen molar-refractivity contribution in [2.24, 2.45) is 16.7 Å². The SMILES string of the molecule is COC(=O)[C@H]1CC[C@@](C)(C=O)C1(C)C. The van der Waals surface area contributed by atoms with Crippen molar-refractivity contribution in [1.82, 2.24) is 0 Å². The lowest BCUT2D eigenvalue weighted by Gasteiger charge is -2.36. The molecule has 0 aromatic rings. The average molecular weight is 198 g/mol. The Morgan fingerprint density at radius 3 is 2.36 bits per heavy atom. The number of hydrogen-bond donors (Lipinski definition) is 0. The Morgan fingerprint density at radius 1 is 1.43 bits per heavy atom. The van der Waals surface area contributed by atoms with Gasteiger partial charge in [-0.05, 0) is 18.3 Å². The average Bonchev–Trinajstić information content (AvgIpc) is 2.38. The summed E-state index contributed by atoms with van der Waals surface area (Å²) in [6.07, 6.45) is 2.49. The van der Waals surface area contributed by atoms with E-state index in [0.717, 1.165) is 19.1 Å². The molecule has 0 saturated heterocycles. The van der Waals surface area contributed by atoms with Crippen LogP contribution in [-0.4, -0.2) is 19.4 Å². The van der Waals surface area contributed by atoms with Gasteiger partial charge in [0.15, 0.2) is 0 Å². The van der Waals surface area contributed by atoms with Crippen LogP contribution in [0.3, 0.4) is 0 Å². The number of rotatable bonds is 2. The zero-order valence-corrected chi connectivity index (χ0v) is 9.29. The van der Waals surface area contributed by atoms with E-state index >= 15 is 0 Å². The summed E-state index contributed by atoms with van der Waals surface area (Å²) in [7, 11) is 1.40. The number of hydrogen-bond acceptors (Lipinski definition) is 3. The van der Waals surface area contributed by atoms with E-state index in [4.69, 9.17) is 4.74 Å². The predicted molar refractivity (Wildman–Crippen MR) is 52.7 cm³/mol. The molecule has 2 atom stereocenters. The van der Waals surface area contributed by atoms with Crippen LogP contribution in [0, 0.1) is 16.7 Å². The summed E-state index contributed by atoms with van der Waals surface area (Å²) in [4.78, 5) is 22.5. The van der Waals surface area contributed by atoms with Crippen LogP contribution in [0.25, 0.3) is 0 Å². The molecule has 0 bridgehead atoms. The van der Waals surface area contributed by atoms with Crippen molar-refractivity contribution in [1.29, 1.82) is 0 Å². The van der Waals surface area contributed by atoms with Gasteiger partial charge in [0.1, 0.15) is 6.29 Å². The van der Waals surface area contributed by atoms with Crippen LogP contribution >= 0.6 is 0 Å². The number of carbonyl (C=O) groups is 2. The molecule has 0 radical (unpaired) electrons. The van der Waals surface area contributed by atoms with E-state index in [1.807, 2.05) is 20.8 Å². The quantitative estimate of drug-likeness (QED) is 0.502. The van der Waals surface area contributed by atoms with Crippen LogP contribution in [0.5, 0.6) is 0 Å². The van der Waals surface area contributed by atoms with Gasteiger partial charge < -0.3 is 9.53 Å². The number of aldehydes is 1. The number of esters is 1. The van der Waals surface area contributed by atoms with Crippen LogP contribution in [0.15, 0.2) is 0 Å². The summed E-state index contributed by atoms with van der Waals surface area (Å²) in [5.41, 5.74) is -0.701. The normalized spacial score (nSPS) is 35.3. The molecule has 0 N–H and O–H groups in total. The summed E-state index contributed by atoms with van der Waals surface area (Å²) in [6, 6.07) is 0. The highest BCUT2D eigenvalue weighted by Crippen LogP contribution is 2.54. The van der Waals surface area contributed by atoms with Crippen molar-refractivity contribution in [3.05, 3.63) is 0 Å². The van der Waals surface area contributed by atoms with Crippen LogP contribution in [0.2, 0.25) is 0 Å². The largest absolute Gasteiger partial charge is 0.469 e. The molecular formula is C11H18O3. The van der Waals surface area contributed by atoms with E-state index in [9.17, 15) is 9.59 Å². The topological polar surface area (TPSA) is 43.4 Å². The molecule has 0 heterocycles. The maximum Gasteiger partial charge on any atom is 0.309 e. The zero-order chi connectivity index (χ0) is 11.0. The molecule has 1 fully saturated rings. The van der Waals surface area contributed by atoms with Gasteiger partial charge in [0, 0.05) is 5.41 Å². The van der Waals surface area contributed by atoms with E-state index in [2.05, 4.69) is 0 Å². The number of ether oxygens (including phenoxy) is 1. The van der Waals surface area contributed by atoms with Crippen molar-refractivity contribution in [3.63, 3.8) is 0 Å². The van der Waals surface area contributed by atoms with Gasteiger partial charge in [-0.25, -0.2) is 0 Å². The first-order chi connectivity index (χ1) is 6.39. The number of methoxy groups -OCH3 is 1. The molecule has 0 amide bonds. The maximum atomic E-state index is 11.5. The van der Waals surface area contributed by atoms with E-state index < -0.39 is 5.41 Å². The molecule has 0 aliphatic heterocycles. The van der Waals surface area contributed by atoms with Crippen molar-refractivity contribution in [2.75, 3.05) is 7.11 Å². The lowest BCUT2D eigenvalue weighted by molar-refractivity contribution is -0.150. The fraction of sp³-hybridized carbons (Fsp3) is 0.818. The molecule has 1 saturated carbocycles. The Kier molecular flexibility index (Phi) is 2.70. The second kappa shape index (κ2) is 3.37.